The Kier molecular flexibility index (Phi) is 8.78. The summed E-state index contributed by atoms with van der Waals surface area (Å²) in [6, 6.07) is 16.4. The van der Waals surface area contributed by atoms with E-state index in [0.717, 1.165) is 23.4 Å². The smallest absolute Gasteiger partial charge is 0.214 e. The molecule has 1 saturated carbocycles. The lowest BCUT2D eigenvalue weighted by Gasteiger charge is -2.48. The van der Waals surface area contributed by atoms with Crippen molar-refractivity contribution in [2.45, 2.75) is 50.5 Å². The lowest BCUT2D eigenvalue weighted by atomic mass is 9.56. The molecule has 0 heterocycles. The molecule has 3 rings (SSSR count). The molecule has 2 N–H and O–H groups in total. The third kappa shape index (κ3) is 5.20. The van der Waals surface area contributed by atoms with Crippen LogP contribution in [0.3, 0.4) is 0 Å². The molecule has 1 fully saturated rings. The summed E-state index contributed by atoms with van der Waals surface area (Å²) < 4.78 is 26.1. The lowest BCUT2D eigenvalue weighted by molar-refractivity contribution is 0.196. The van der Waals surface area contributed by atoms with Gasteiger partial charge in [0.15, 0.2) is 0 Å². The van der Waals surface area contributed by atoms with E-state index in [4.69, 9.17) is 17.3 Å². The van der Waals surface area contributed by atoms with Crippen molar-refractivity contribution < 1.29 is 8.42 Å². The Bertz CT molecular complexity index is 928. The van der Waals surface area contributed by atoms with Gasteiger partial charge in [0.1, 0.15) is 0 Å². The predicted octanol–water partition coefficient (Wildman–Crippen LogP) is 5.10. The van der Waals surface area contributed by atoms with E-state index in [1.807, 2.05) is 31.2 Å². The van der Waals surface area contributed by atoms with Crippen LogP contribution in [-0.4, -0.2) is 32.1 Å². The number of nitrogens with two attached hydrogens (primary N) is 1. The summed E-state index contributed by atoms with van der Waals surface area (Å²) in [6.45, 7) is 2.81. The average Bonchev–Trinajstić information content (AvgIpc) is 2.65. The molecule has 2 aromatic rings. The van der Waals surface area contributed by atoms with Crippen molar-refractivity contribution in [3.63, 3.8) is 0 Å². The summed E-state index contributed by atoms with van der Waals surface area (Å²) in [5.41, 5.74) is 9.79. The standard InChI is InChI=1S/C23H31ClN2O2S.ClH/c1-3-14-29(27,28)26(2)17-18-6-4-7-19(15-18)22(16-25)23(12-5-13-23)20-8-10-21(24)11-9-20;/h4,6-11,15,22H,3,5,12-14,16-17,25H2,1-2H3;1H. The Hall–Kier alpha value is -1.11. The van der Waals surface area contributed by atoms with Crippen LogP contribution >= 0.6 is 24.0 Å². The van der Waals surface area contributed by atoms with Gasteiger partial charge in [-0.2, -0.15) is 0 Å². The molecule has 1 atom stereocenters. The van der Waals surface area contributed by atoms with E-state index >= 15 is 0 Å². The first-order valence-corrected chi connectivity index (χ1v) is 12.3. The Labute approximate surface area is 192 Å². The van der Waals surface area contributed by atoms with Gasteiger partial charge in [0.05, 0.1) is 5.75 Å². The number of benzene rings is 2. The molecule has 0 aromatic heterocycles. The second-order valence-corrected chi connectivity index (χ2v) is 10.8. The van der Waals surface area contributed by atoms with Crippen LogP contribution in [-0.2, 0) is 22.0 Å². The van der Waals surface area contributed by atoms with Crippen LogP contribution in [0.4, 0.5) is 0 Å². The summed E-state index contributed by atoms with van der Waals surface area (Å²) in [6.07, 6.45) is 4.01. The maximum atomic E-state index is 12.3. The monoisotopic (exact) mass is 470 g/mol. The fourth-order valence-corrected chi connectivity index (χ4v) is 5.84. The molecule has 2 aromatic carbocycles. The molecular weight excluding hydrogens is 439 g/mol. The molecule has 0 spiro atoms. The molecule has 1 aliphatic rings. The first-order chi connectivity index (χ1) is 13.8. The Balaban J connectivity index is 0.00000320. The molecule has 30 heavy (non-hydrogen) atoms. The summed E-state index contributed by atoms with van der Waals surface area (Å²) >= 11 is 6.10. The molecule has 1 aliphatic carbocycles. The SMILES string of the molecule is CCCS(=O)(=O)N(C)Cc1cccc(C(CN)C2(c3ccc(Cl)cc3)CCC2)c1.Cl. The van der Waals surface area contributed by atoms with Crippen molar-refractivity contribution in [3.8, 4) is 0 Å². The van der Waals surface area contributed by atoms with E-state index in [0.29, 0.717) is 19.5 Å². The van der Waals surface area contributed by atoms with Gasteiger partial charge in [0.2, 0.25) is 10.0 Å². The van der Waals surface area contributed by atoms with Gasteiger partial charge in [-0.05, 0) is 48.1 Å². The average molecular weight is 471 g/mol. The first-order valence-electron chi connectivity index (χ1n) is 10.3. The highest BCUT2D eigenvalue weighted by Gasteiger charge is 2.45. The normalized spacial score (nSPS) is 16.6. The second kappa shape index (κ2) is 10.5. The summed E-state index contributed by atoms with van der Waals surface area (Å²) in [5, 5.41) is 0.742. The summed E-state index contributed by atoms with van der Waals surface area (Å²) in [4.78, 5) is 0. The van der Waals surface area contributed by atoms with Gasteiger partial charge in [-0.3, -0.25) is 0 Å². The number of hydrogen-bond donors (Lipinski definition) is 1. The molecule has 7 heteroatoms. The topological polar surface area (TPSA) is 63.4 Å². The highest BCUT2D eigenvalue weighted by molar-refractivity contribution is 7.89. The van der Waals surface area contributed by atoms with Crippen molar-refractivity contribution in [1.82, 2.24) is 4.31 Å². The summed E-state index contributed by atoms with van der Waals surface area (Å²) in [7, 11) is -1.57. The third-order valence-electron chi connectivity index (χ3n) is 6.26. The van der Waals surface area contributed by atoms with Crippen molar-refractivity contribution >= 4 is 34.0 Å². The van der Waals surface area contributed by atoms with Crippen LogP contribution in [0.25, 0.3) is 0 Å². The Morgan fingerprint density at radius 3 is 2.37 bits per heavy atom. The van der Waals surface area contributed by atoms with E-state index in [2.05, 4.69) is 24.3 Å². The minimum absolute atomic E-state index is 0. The first kappa shape index (κ1) is 25.2. The Morgan fingerprint density at radius 2 is 1.83 bits per heavy atom. The maximum absolute atomic E-state index is 12.3. The number of rotatable bonds is 9. The van der Waals surface area contributed by atoms with E-state index in [1.54, 1.807) is 7.05 Å². The van der Waals surface area contributed by atoms with Crippen molar-refractivity contribution in [1.29, 1.82) is 0 Å². The number of nitrogens with zero attached hydrogens (tertiary/aromatic N) is 1. The Morgan fingerprint density at radius 1 is 1.17 bits per heavy atom. The van der Waals surface area contributed by atoms with Gasteiger partial charge >= 0.3 is 0 Å². The zero-order valence-corrected chi connectivity index (χ0v) is 20.1. The molecule has 0 saturated heterocycles. The zero-order chi connectivity index (χ0) is 21.1. The van der Waals surface area contributed by atoms with Gasteiger partial charge < -0.3 is 5.73 Å². The third-order valence-corrected chi connectivity index (χ3v) is 8.52. The molecule has 0 amide bonds. The minimum Gasteiger partial charge on any atom is -0.330 e. The van der Waals surface area contributed by atoms with Gasteiger partial charge in [-0.15, -0.1) is 12.4 Å². The number of sulfonamides is 1. The van der Waals surface area contributed by atoms with Crippen LogP contribution in [0.1, 0.15) is 55.2 Å². The minimum atomic E-state index is -3.22. The van der Waals surface area contributed by atoms with E-state index in [9.17, 15) is 8.42 Å². The maximum Gasteiger partial charge on any atom is 0.214 e. The van der Waals surface area contributed by atoms with Crippen LogP contribution < -0.4 is 5.73 Å². The van der Waals surface area contributed by atoms with Crippen LogP contribution in [0.5, 0.6) is 0 Å². The fourth-order valence-electron chi connectivity index (χ4n) is 4.54. The van der Waals surface area contributed by atoms with Crippen molar-refractivity contribution in [2.75, 3.05) is 19.3 Å². The highest BCUT2D eigenvalue weighted by atomic mass is 35.5. The van der Waals surface area contributed by atoms with E-state index in [1.165, 1.54) is 21.9 Å². The largest absolute Gasteiger partial charge is 0.330 e. The van der Waals surface area contributed by atoms with Crippen LogP contribution in [0, 0.1) is 0 Å². The van der Waals surface area contributed by atoms with E-state index < -0.39 is 10.0 Å². The van der Waals surface area contributed by atoms with E-state index in [-0.39, 0.29) is 29.5 Å². The van der Waals surface area contributed by atoms with Crippen molar-refractivity contribution in [2.24, 2.45) is 5.73 Å². The van der Waals surface area contributed by atoms with Gasteiger partial charge in [0, 0.05) is 36.5 Å². The van der Waals surface area contributed by atoms with Crippen LogP contribution in [0.2, 0.25) is 5.02 Å². The molecule has 0 bridgehead atoms. The van der Waals surface area contributed by atoms with Gasteiger partial charge in [0.25, 0.3) is 0 Å². The molecule has 166 valence electrons. The quantitative estimate of drug-likeness (QED) is 0.554. The van der Waals surface area contributed by atoms with Crippen molar-refractivity contribution in [3.05, 3.63) is 70.2 Å². The second-order valence-electron chi connectivity index (χ2n) is 8.12. The number of hydrogen-bond acceptors (Lipinski definition) is 3. The predicted molar refractivity (Wildman–Crippen MR) is 128 cm³/mol. The molecule has 0 radical (unpaired) electrons. The highest BCUT2D eigenvalue weighted by Crippen LogP contribution is 2.53. The number of halogens is 2. The fraction of sp³-hybridized carbons (Fsp3) is 0.478. The molecule has 1 unspecified atom stereocenters. The summed E-state index contributed by atoms with van der Waals surface area (Å²) in [5.74, 6) is 0.365. The lowest BCUT2D eigenvalue weighted by Crippen LogP contribution is -2.43. The zero-order valence-electron chi connectivity index (χ0n) is 17.7. The van der Waals surface area contributed by atoms with Crippen LogP contribution in [0.15, 0.2) is 48.5 Å². The van der Waals surface area contributed by atoms with Gasteiger partial charge in [-0.25, -0.2) is 12.7 Å². The molecule has 0 aliphatic heterocycles. The van der Waals surface area contributed by atoms with Gasteiger partial charge in [-0.1, -0.05) is 61.3 Å². The molecule has 4 nitrogen and oxygen atoms in total. The molecular formula is C23H32Cl2N2O2S.